The third kappa shape index (κ3) is 2.76. The van der Waals surface area contributed by atoms with Crippen LogP contribution in [0.25, 0.3) is 11.3 Å². The Morgan fingerprint density at radius 1 is 1.19 bits per heavy atom. The fraction of sp³-hybridized carbons (Fsp3) is 0.385. The molecule has 4 nitrogen and oxygen atoms in total. The highest BCUT2D eigenvalue weighted by molar-refractivity contribution is 5.57. The van der Waals surface area contributed by atoms with Gasteiger partial charge in [-0.25, -0.2) is 17.6 Å². The summed E-state index contributed by atoms with van der Waals surface area (Å²) in [5.74, 6) is -4.67. The molecular weight excluding hydrogens is 288 g/mol. The second-order valence-electron chi connectivity index (χ2n) is 5.50. The molecule has 0 unspecified atom stereocenters. The van der Waals surface area contributed by atoms with Gasteiger partial charge in [-0.05, 0) is 18.2 Å². The Kier molecular flexibility index (Phi) is 3.01. The van der Waals surface area contributed by atoms with Crippen molar-refractivity contribution < 1.29 is 17.6 Å². The summed E-state index contributed by atoms with van der Waals surface area (Å²) in [5, 5.41) is 7.60. The number of benzene rings is 1. The first-order valence-corrected chi connectivity index (χ1v) is 6.29. The van der Waals surface area contributed by atoms with Crippen LogP contribution in [0.15, 0.2) is 24.4 Å². The lowest BCUT2D eigenvalue weighted by molar-refractivity contribution is -0.127. The number of rotatable bonds is 3. The van der Waals surface area contributed by atoms with Crippen LogP contribution in [-0.2, 0) is 6.54 Å². The predicted octanol–water partition coefficient (Wildman–Crippen LogP) is 2.35. The number of alkyl halides is 2. The molecule has 0 spiro atoms. The highest BCUT2D eigenvalue weighted by atomic mass is 19.3. The summed E-state index contributed by atoms with van der Waals surface area (Å²) in [5.41, 5.74) is 5.49. The second-order valence-corrected chi connectivity index (χ2v) is 5.50. The lowest BCUT2D eigenvalue weighted by Crippen LogP contribution is -2.60. The van der Waals surface area contributed by atoms with Crippen molar-refractivity contribution in [3.63, 3.8) is 0 Å². The Balaban J connectivity index is 1.76. The summed E-state index contributed by atoms with van der Waals surface area (Å²) in [6.45, 7) is 0.0965. The van der Waals surface area contributed by atoms with Crippen LogP contribution >= 0.6 is 0 Å². The van der Waals surface area contributed by atoms with Crippen molar-refractivity contribution in [2.75, 3.05) is 0 Å². The van der Waals surface area contributed by atoms with E-state index in [1.165, 1.54) is 16.9 Å². The second kappa shape index (κ2) is 4.52. The highest BCUT2D eigenvalue weighted by Crippen LogP contribution is 2.44. The molecule has 21 heavy (non-hydrogen) atoms. The first kappa shape index (κ1) is 14.0. The molecule has 0 amide bonds. The fourth-order valence-corrected chi connectivity index (χ4v) is 2.58. The maximum atomic E-state index is 13.2. The molecule has 0 saturated heterocycles. The van der Waals surface area contributed by atoms with Gasteiger partial charge in [0, 0.05) is 23.9 Å². The van der Waals surface area contributed by atoms with Crippen molar-refractivity contribution >= 4 is 0 Å². The zero-order chi connectivity index (χ0) is 15.3. The molecule has 112 valence electrons. The zero-order valence-electron chi connectivity index (χ0n) is 10.9. The van der Waals surface area contributed by atoms with Gasteiger partial charge in [0.05, 0.1) is 12.7 Å². The van der Waals surface area contributed by atoms with Gasteiger partial charge >= 0.3 is 0 Å². The van der Waals surface area contributed by atoms with Crippen LogP contribution < -0.4 is 5.73 Å². The minimum atomic E-state index is -2.72. The predicted molar refractivity (Wildman–Crippen MR) is 66.5 cm³/mol. The van der Waals surface area contributed by atoms with Gasteiger partial charge in [0.25, 0.3) is 5.92 Å². The molecule has 1 fully saturated rings. The van der Waals surface area contributed by atoms with Gasteiger partial charge in [-0.3, -0.25) is 4.68 Å². The molecule has 1 aliphatic rings. The molecule has 3 rings (SSSR count). The highest BCUT2D eigenvalue weighted by Gasteiger charge is 2.54. The minimum Gasteiger partial charge on any atom is -0.323 e. The SMILES string of the molecule is NC1(Cn2cc(-c3ccc(F)c(F)c3)nn2)CC(F)(F)C1. The van der Waals surface area contributed by atoms with Gasteiger partial charge in [-0.15, -0.1) is 5.10 Å². The van der Waals surface area contributed by atoms with Crippen molar-refractivity contribution in [2.24, 2.45) is 5.73 Å². The van der Waals surface area contributed by atoms with Crippen LogP contribution in [-0.4, -0.2) is 26.5 Å². The Bertz CT molecular complexity index is 675. The normalized spacial score (nSPS) is 19.3. The van der Waals surface area contributed by atoms with Crippen molar-refractivity contribution in [1.29, 1.82) is 0 Å². The van der Waals surface area contributed by atoms with Gasteiger partial charge in [0.2, 0.25) is 0 Å². The Morgan fingerprint density at radius 2 is 1.90 bits per heavy atom. The van der Waals surface area contributed by atoms with Gasteiger partial charge in [-0.2, -0.15) is 0 Å². The summed E-state index contributed by atoms with van der Waals surface area (Å²) in [7, 11) is 0. The molecule has 0 aliphatic heterocycles. The van der Waals surface area contributed by atoms with Crippen LogP contribution in [0.1, 0.15) is 12.8 Å². The van der Waals surface area contributed by atoms with Gasteiger partial charge in [0.1, 0.15) is 5.69 Å². The largest absolute Gasteiger partial charge is 0.323 e. The molecule has 8 heteroatoms. The summed E-state index contributed by atoms with van der Waals surface area (Å²) in [6.07, 6.45) is 0.665. The van der Waals surface area contributed by atoms with Crippen molar-refractivity contribution in [3.05, 3.63) is 36.0 Å². The molecule has 1 saturated carbocycles. The third-order valence-electron chi connectivity index (χ3n) is 3.45. The first-order valence-electron chi connectivity index (χ1n) is 6.29. The summed E-state index contributed by atoms with van der Waals surface area (Å²) >= 11 is 0. The molecule has 1 aliphatic carbocycles. The van der Waals surface area contributed by atoms with E-state index in [2.05, 4.69) is 10.3 Å². The van der Waals surface area contributed by atoms with Crippen molar-refractivity contribution in [3.8, 4) is 11.3 Å². The summed E-state index contributed by atoms with van der Waals surface area (Å²) in [4.78, 5) is 0. The minimum absolute atomic E-state index is 0.0965. The third-order valence-corrected chi connectivity index (χ3v) is 3.45. The molecule has 2 aromatic rings. The van der Waals surface area contributed by atoms with E-state index in [1.807, 2.05) is 0 Å². The molecule has 1 aromatic heterocycles. The van der Waals surface area contributed by atoms with Crippen LogP contribution in [0.4, 0.5) is 17.6 Å². The van der Waals surface area contributed by atoms with Crippen LogP contribution in [0.2, 0.25) is 0 Å². The smallest absolute Gasteiger partial charge is 0.251 e. The topological polar surface area (TPSA) is 56.7 Å². The maximum absolute atomic E-state index is 13.2. The van der Waals surface area contributed by atoms with Crippen molar-refractivity contribution in [1.82, 2.24) is 15.0 Å². The zero-order valence-corrected chi connectivity index (χ0v) is 10.9. The molecule has 2 N–H and O–H groups in total. The molecule has 1 aromatic carbocycles. The van der Waals surface area contributed by atoms with E-state index in [0.717, 1.165) is 12.1 Å². The Hall–Kier alpha value is -1.96. The van der Waals surface area contributed by atoms with E-state index in [-0.39, 0.29) is 6.54 Å². The fourth-order valence-electron chi connectivity index (χ4n) is 2.58. The van der Waals surface area contributed by atoms with E-state index in [9.17, 15) is 17.6 Å². The average Bonchev–Trinajstić information content (AvgIpc) is 2.78. The summed E-state index contributed by atoms with van der Waals surface area (Å²) < 4.78 is 53.1. The molecule has 1 heterocycles. The van der Waals surface area contributed by atoms with Crippen LogP contribution in [0.5, 0.6) is 0 Å². The molecule has 0 atom stereocenters. The molecule has 0 bridgehead atoms. The number of hydrogen-bond acceptors (Lipinski definition) is 3. The first-order chi connectivity index (χ1) is 9.76. The van der Waals surface area contributed by atoms with Gasteiger partial charge < -0.3 is 5.73 Å². The average molecular weight is 300 g/mol. The number of nitrogens with zero attached hydrogens (tertiary/aromatic N) is 3. The molecule has 0 radical (unpaired) electrons. The van der Waals surface area contributed by atoms with E-state index < -0.39 is 35.9 Å². The molecular formula is C13H12F4N4. The number of hydrogen-bond donors (Lipinski definition) is 1. The van der Waals surface area contributed by atoms with E-state index in [4.69, 9.17) is 5.73 Å². The Labute approximate surface area is 117 Å². The van der Waals surface area contributed by atoms with E-state index >= 15 is 0 Å². The van der Waals surface area contributed by atoms with Crippen LogP contribution in [0.3, 0.4) is 0 Å². The number of nitrogens with two attached hydrogens (primary N) is 1. The quantitative estimate of drug-likeness (QED) is 0.885. The number of aromatic nitrogens is 3. The summed E-state index contributed by atoms with van der Waals surface area (Å²) in [6, 6.07) is 3.35. The lowest BCUT2D eigenvalue weighted by atomic mass is 9.74. The van der Waals surface area contributed by atoms with Gasteiger partial charge in [-0.1, -0.05) is 5.21 Å². The Morgan fingerprint density at radius 3 is 2.52 bits per heavy atom. The lowest BCUT2D eigenvalue weighted by Gasteiger charge is -2.44. The van der Waals surface area contributed by atoms with Crippen molar-refractivity contribution in [2.45, 2.75) is 30.8 Å². The number of halogens is 4. The van der Waals surface area contributed by atoms with Crippen LogP contribution in [0, 0.1) is 11.6 Å². The standard InChI is InChI=1S/C13H12F4N4/c14-9-2-1-8(3-10(9)15)11-4-21(20-19-11)7-12(18)5-13(16,17)6-12/h1-4H,5-7,18H2. The van der Waals surface area contributed by atoms with Gasteiger partial charge in [0.15, 0.2) is 11.6 Å². The maximum Gasteiger partial charge on any atom is 0.251 e. The monoisotopic (exact) mass is 300 g/mol. The van der Waals surface area contributed by atoms with E-state index in [1.54, 1.807) is 0 Å². The van der Waals surface area contributed by atoms with E-state index in [0.29, 0.717) is 11.3 Å².